The molecule has 6 rings (SSSR count). The Morgan fingerprint density at radius 3 is 0.514 bits per heavy atom. The molecule has 0 aromatic carbocycles. The molecule has 0 atom stereocenters. The molecule has 37 heavy (non-hydrogen) atoms. The van der Waals surface area contributed by atoms with Crippen molar-refractivity contribution in [1.82, 2.24) is 59.8 Å². The summed E-state index contributed by atoms with van der Waals surface area (Å²) >= 11 is 0. The van der Waals surface area contributed by atoms with Crippen molar-refractivity contribution in [2.45, 2.75) is 0 Å². The molecular weight excluding hydrogens is 557 g/mol. The van der Waals surface area contributed by atoms with Crippen molar-refractivity contribution in [3.63, 3.8) is 0 Å². The number of hydrogen-bond donors (Lipinski definition) is 0. The summed E-state index contributed by atoms with van der Waals surface area (Å²) in [5, 5.41) is 0. The van der Waals surface area contributed by atoms with Gasteiger partial charge in [-0.1, -0.05) is 0 Å². The maximum atomic E-state index is 4.08. The van der Waals surface area contributed by atoms with E-state index in [1.807, 2.05) is 0 Å². The van der Waals surface area contributed by atoms with E-state index in [-0.39, 0.29) is 19.5 Å². The van der Waals surface area contributed by atoms with Crippen molar-refractivity contribution in [2.75, 3.05) is 0 Å². The van der Waals surface area contributed by atoms with Crippen LogP contribution in [0.15, 0.2) is 112 Å². The summed E-state index contributed by atoms with van der Waals surface area (Å²) in [4.78, 5) is 48.1. The van der Waals surface area contributed by atoms with Crippen LogP contribution in [0.1, 0.15) is 0 Å². The fourth-order valence-electron chi connectivity index (χ4n) is 2.59. The minimum atomic E-state index is 0. The fraction of sp³-hybridized carbons (Fsp3) is 0. The molecule has 0 fully saturated rings. The van der Waals surface area contributed by atoms with Crippen LogP contribution in [0.4, 0.5) is 0 Å². The van der Waals surface area contributed by atoms with Gasteiger partial charge in [0.25, 0.3) is 0 Å². The topological polar surface area (TPSA) is 155 Å². The zero-order valence-corrected chi connectivity index (χ0v) is 20.9. The van der Waals surface area contributed by atoms with Gasteiger partial charge in [0.2, 0.25) is 0 Å². The molecule has 0 saturated heterocycles. The van der Waals surface area contributed by atoms with Gasteiger partial charge in [0.1, 0.15) is 34.2 Å². The zero-order valence-electron chi connectivity index (χ0n) is 19.1. The van der Waals surface area contributed by atoms with Gasteiger partial charge in [-0.15, -0.1) is 0 Å². The Kier molecular flexibility index (Phi) is 10.9. The van der Waals surface area contributed by atoms with Crippen LogP contribution in [-0.2, 0) is 19.5 Å². The molecule has 0 N–H and O–H groups in total. The fourth-order valence-corrected chi connectivity index (χ4v) is 2.59. The van der Waals surface area contributed by atoms with E-state index in [9.17, 15) is 0 Å². The quantitative estimate of drug-likeness (QED) is 0.285. The third kappa shape index (κ3) is 8.68. The van der Waals surface area contributed by atoms with Gasteiger partial charge in [0.05, 0.1) is 37.2 Å². The van der Waals surface area contributed by atoms with E-state index >= 15 is 0 Å². The first-order chi connectivity index (χ1) is 17.9. The van der Waals surface area contributed by atoms with Crippen molar-refractivity contribution >= 4 is 0 Å². The molecule has 0 saturated carbocycles. The predicted molar refractivity (Wildman–Crippen MR) is 129 cm³/mol. The molecular formula is C24H18N12Ru. The summed E-state index contributed by atoms with van der Waals surface area (Å²) in [7, 11) is 0. The van der Waals surface area contributed by atoms with E-state index in [1.165, 1.54) is 0 Å². The summed E-state index contributed by atoms with van der Waals surface area (Å²) in [6.45, 7) is 0. The number of aromatic nitrogens is 12. The minimum absolute atomic E-state index is 0. The Morgan fingerprint density at radius 2 is 0.405 bits per heavy atom. The normalized spacial score (nSPS) is 9.41. The molecule has 12 nitrogen and oxygen atoms in total. The minimum Gasteiger partial charge on any atom is -0.261 e. The second-order valence-electron chi connectivity index (χ2n) is 6.54. The molecule has 0 aliphatic rings. The summed E-state index contributed by atoms with van der Waals surface area (Å²) in [6, 6.07) is 0. The Bertz CT molecular complexity index is 1110. The monoisotopic (exact) mass is 576 g/mol. The van der Waals surface area contributed by atoms with E-state index in [0.717, 1.165) is 34.2 Å². The van der Waals surface area contributed by atoms with Crippen molar-refractivity contribution in [3.8, 4) is 34.2 Å². The maximum absolute atomic E-state index is 4.08. The molecule has 6 aromatic heterocycles. The van der Waals surface area contributed by atoms with Gasteiger partial charge in [-0.3, -0.25) is 59.8 Å². The van der Waals surface area contributed by atoms with Gasteiger partial charge >= 0.3 is 0 Å². The Balaban J connectivity index is 0.000000152. The number of rotatable bonds is 3. The summed E-state index contributed by atoms with van der Waals surface area (Å²) in [6.07, 6.45) is 29.5. The predicted octanol–water partition coefficient (Wildman–Crippen LogP) is 2.80. The number of hydrogen-bond acceptors (Lipinski definition) is 12. The first-order valence-corrected chi connectivity index (χ1v) is 10.5. The van der Waals surface area contributed by atoms with Crippen LogP contribution in [0.3, 0.4) is 0 Å². The van der Waals surface area contributed by atoms with Crippen LogP contribution in [-0.4, -0.2) is 59.8 Å². The Labute approximate surface area is 224 Å². The Hall–Kier alpha value is -4.90. The second kappa shape index (κ2) is 15.2. The van der Waals surface area contributed by atoms with Gasteiger partial charge in [-0.2, -0.15) is 0 Å². The largest absolute Gasteiger partial charge is 0.261 e. The molecule has 0 radical (unpaired) electrons. The van der Waals surface area contributed by atoms with Crippen LogP contribution in [0.5, 0.6) is 0 Å². The van der Waals surface area contributed by atoms with Gasteiger partial charge < -0.3 is 0 Å². The molecule has 0 unspecified atom stereocenters. The van der Waals surface area contributed by atoms with Crippen LogP contribution in [0.25, 0.3) is 34.2 Å². The molecule has 6 heterocycles. The van der Waals surface area contributed by atoms with Crippen molar-refractivity contribution in [2.24, 2.45) is 0 Å². The van der Waals surface area contributed by atoms with E-state index in [4.69, 9.17) is 0 Å². The SMILES string of the molecule is [Ru].c1cnc(-c2cnccn2)cn1.c1cnc(-c2cnccn2)cn1.c1cnc(-c2cnccn2)cn1. The molecule has 13 heteroatoms. The third-order valence-corrected chi connectivity index (χ3v) is 4.17. The molecule has 182 valence electrons. The third-order valence-electron chi connectivity index (χ3n) is 4.17. The molecule has 0 spiro atoms. The molecule has 0 aliphatic carbocycles. The number of nitrogens with zero attached hydrogens (tertiary/aromatic N) is 12. The molecule has 0 amide bonds. The second-order valence-corrected chi connectivity index (χ2v) is 6.54. The average Bonchev–Trinajstić information content (AvgIpc) is 3.01. The van der Waals surface area contributed by atoms with Crippen LogP contribution < -0.4 is 0 Å². The first-order valence-electron chi connectivity index (χ1n) is 10.5. The van der Waals surface area contributed by atoms with E-state index in [2.05, 4.69) is 59.8 Å². The Morgan fingerprint density at radius 1 is 0.243 bits per heavy atom. The maximum Gasteiger partial charge on any atom is 0.108 e. The van der Waals surface area contributed by atoms with Crippen molar-refractivity contribution in [1.29, 1.82) is 0 Å². The van der Waals surface area contributed by atoms with Gasteiger partial charge in [0.15, 0.2) is 0 Å². The molecule has 6 aromatic rings. The van der Waals surface area contributed by atoms with E-state index in [0.29, 0.717) is 0 Å². The zero-order chi connectivity index (χ0) is 24.7. The first kappa shape index (κ1) is 26.7. The van der Waals surface area contributed by atoms with Crippen molar-refractivity contribution < 1.29 is 19.5 Å². The summed E-state index contributed by atoms with van der Waals surface area (Å²) in [5.74, 6) is 0. The van der Waals surface area contributed by atoms with Crippen LogP contribution in [0.2, 0.25) is 0 Å². The van der Waals surface area contributed by atoms with Gasteiger partial charge in [-0.25, -0.2) is 0 Å². The molecule has 0 aliphatic heterocycles. The van der Waals surface area contributed by atoms with Crippen LogP contribution >= 0.6 is 0 Å². The summed E-state index contributed by atoms with van der Waals surface area (Å²) in [5.41, 5.74) is 4.45. The smallest absolute Gasteiger partial charge is 0.108 e. The van der Waals surface area contributed by atoms with Crippen molar-refractivity contribution in [3.05, 3.63) is 112 Å². The summed E-state index contributed by atoms with van der Waals surface area (Å²) < 4.78 is 0. The van der Waals surface area contributed by atoms with Gasteiger partial charge in [-0.05, 0) is 0 Å². The average molecular weight is 576 g/mol. The standard InChI is InChI=1S/3C8H6N4.Ru/c3*1-3-11-7(5-9-1)8-6-10-2-4-12-8;/h3*1-6H;. The van der Waals surface area contributed by atoms with Crippen LogP contribution in [0, 0.1) is 0 Å². The van der Waals surface area contributed by atoms with Gasteiger partial charge in [0, 0.05) is 93.8 Å². The van der Waals surface area contributed by atoms with E-state index < -0.39 is 0 Å². The van der Waals surface area contributed by atoms with E-state index in [1.54, 1.807) is 112 Å². The molecule has 0 bridgehead atoms.